The van der Waals surface area contributed by atoms with Crippen LogP contribution in [0.4, 0.5) is 5.82 Å². The first-order valence-electron chi connectivity index (χ1n) is 12.4. The smallest absolute Gasteiger partial charge is 0.274 e. The molecule has 0 aromatic carbocycles. The van der Waals surface area contributed by atoms with Crippen LogP contribution >= 0.6 is 15.9 Å². The van der Waals surface area contributed by atoms with Gasteiger partial charge in [-0.25, -0.2) is 4.98 Å². The highest BCUT2D eigenvalue weighted by atomic mass is 79.9. The molecule has 182 valence electrons. The molecule has 3 aliphatic rings. The Bertz CT molecular complexity index is 1080. The first-order chi connectivity index (χ1) is 16.5. The molecule has 0 bridgehead atoms. The van der Waals surface area contributed by atoms with Crippen LogP contribution in [0.15, 0.2) is 15.0 Å². The third kappa shape index (κ3) is 4.95. The summed E-state index contributed by atoms with van der Waals surface area (Å²) in [5, 5.41) is 16.8. The standard InChI is InChI=1S/C25H32BrN5O3/c1-31-9-6-16(7-10-31)28-24-21(26)19-13-18(14-27)34-23(19)22(30-24)25(32)29-17-8-11-33-20(12-17)15-4-2-3-5-15/h13,15-17,20H,2-12H2,1H3,(H,28,30)(H,29,32)/t17-,20+/m1/s1. The fourth-order valence-electron chi connectivity index (χ4n) is 5.59. The van der Waals surface area contributed by atoms with Crippen LogP contribution in [-0.4, -0.2) is 60.7 Å². The summed E-state index contributed by atoms with van der Waals surface area (Å²) in [7, 11) is 2.13. The second kappa shape index (κ2) is 10.2. The number of carbonyl (C=O) groups excluding carboxylic acids is 1. The van der Waals surface area contributed by atoms with E-state index in [0.29, 0.717) is 29.3 Å². The maximum absolute atomic E-state index is 13.4. The lowest BCUT2D eigenvalue weighted by atomic mass is 9.91. The van der Waals surface area contributed by atoms with Gasteiger partial charge in [0.2, 0.25) is 5.76 Å². The van der Waals surface area contributed by atoms with Crippen molar-refractivity contribution >= 4 is 38.6 Å². The molecule has 2 N–H and O–H groups in total. The Kier molecular flexibility index (Phi) is 7.09. The normalized spacial score (nSPS) is 24.9. The minimum atomic E-state index is -0.264. The number of nitrogens with zero attached hydrogens (tertiary/aromatic N) is 3. The van der Waals surface area contributed by atoms with Gasteiger partial charge in [0, 0.05) is 30.1 Å². The molecule has 2 atom stereocenters. The third-order valence-corrected chi connectivity index (χ3v) is 8.38. The lowest BCUT2D eigenvalue weighted by molar-refractivity contribution is -0.0302. The molecule has 0 unspecified atom stereocenters. The molecule has 2 aromatic heterocycles. The first-order valence-corrected chi connectivity index (χ1v) is 13.2. The van der Waals surface area contributed by atoms with Crippen molar-refractivity contribution in [2.24, 2.45) is 5.92 Å². The average molecular weight is 530 g/mol. The van der Waals surface area contributed by atoms with Crippen LogP contribution in [0.2, 0.25) is 0 Å². The van der Waals surface area contributed by atoms with Crippen molar-refractivity contribution in [3.63, 3.8) is 0 Å². The van der Waals surface area contributed by atoms with Gasteiger partial charge in [0.05, 0.1) is 10.6 Å². The van der Waals surface area contributed by atoms with Crippen LogP contribution in [0.5, 0.6) is 0 Å². The van der Waals surface area contributed by atoms with E-state index in [1.54, 1.807) is 6.07 Å². The molecule has 2 aliphatic heterocycles. The third-order valence-electron chi connectivity index (χ3n) is 7.58. The Morgan fingerprint density at radius 3 is 2.71 bits per heavy atom. The van der Waals surface area contributed by atoms with E-state index >= 15 is 0 Å². The van der Waals surface area contributed by atoms with Gasteiger partial charge in [-0.05, 0) is 80.5 Å². The van der Waals surface area contributed by atoms with E-state index in [1.165, 1.54) is 25.7 Å². The fourth-order valence-corrected chi connectivity index (χ4v) is 6.09. The number of hydrogen-bond acceptors (Lipinski definition) is 7. The minimum absolute atomic E-state index is 0.0445. The summed E-state index contributed by atoms with van der Waals surface area (Å²) in [6.07, 6.45) is 8.83. The second-order valence-electron chi connectivity index (χ2n) is 9.96. The zero-order valence-corrected chi connectivity index (χ0v) is 21.2. The van der Waals surface area contributed by atoms with Gasteiger partial charge in [0.25, 0.3) is 5.91 Å². The molecule has 1 aliphatic carbocycles. The zero-order valence-electron chi connectivity index (χ0n) is 19.6. The number of carbonyl (C=O) groups is 1. The van der Waals surface area contributed by atoms with Crippen LogP contribution in [0.25, 0.3) is 11.0 Å². The number of fused-ring (bicyclic) bond motifs is 1. The molecular formula is C25H32BrN5O3. The Hall–Kier alpha value is -2.15. The number of rotatable bonds is 5. The van der Waals surface area contributed by atoms with E-state index in [1.807, 2.05) is 6.07 Å². The molecule has 8 nitrogen and oxygen atoms in total. The SMILES string of the molecule is CN1CCC(Nc2nc(C(=O)N[C@@H]3CCO[C@H](C4CCCC4)C3)c3oc(C#N)cc3c2Br)CC1. The van der Waals surface area contributed by atoms with Crippen LogP contribution < -0.4 is 10.6 Å². The lowest BCUT2D eigenvalue weighted by Crippen LogP contribution is -2.44. The Morgan fingerprint density at radius 2 is 1.97 bits per heavy atom. The summed E-state index contributed by atoms with van der Waals surface area (Å²) in [6, 6.07) is 4.03. The second-order valence-corrected chi connectivity index (χ2v) is 10.8. The summed E-state index contributed by atoms with van der Waals surface area (Å²) >= 11 is 3.64. The van der Waals surface area contributed by atoms with E-state index in [9.17, 15) is 10.1 Å². The van der Waals surface area contributed by atoms with Crippen molar-refractivity contribution in [3.8, 4) is 6.07 Å². The molecule has 9 heteroatoms. The quantitative estimate of drug-likeness (QED) is 0.589. The van der Waals surface area contributed by atoms with Gasteiger partial charge in [0.1, 0.15) is 11.9 Å². The Morgan fingerprint density at radius 1 is 1.21 bits per heavy atom. The highest BCUT2D eigenvalue weighted by Crippen LogP contribution is 2.36. The van der Waals surface area contributed by atoms with Crippen molar-refractivity contribution in [1.82, 2.24) is 15.2 Å². The summed E-state index contributed by atoms with van der Waals surface area (Å²) < 4.78 is 12.5. The fraction of sp³-hybridized carbons (Fsp3) is 0.640. The van der Waals surface area contributed by atoms with E-state index in [-0.39, 0.29) is 35.5 Å². The molecule has 5 rings (SSSR count). The lowest BCUT2D eigenvalue weighted by Gasteiger charge is -2.33. The number of amides is 1. The van der Waals surface area contributed by atoms with Gasteiger partial charge in [-0.1, -0.05) is 12.8 Å². The molecule has 34 heavy (non-hydrogen) atoms. The molecule has 0 radical (unpaired) electrons. The number of anilines is 1. The number of piperidine rings is 1. The zero-order chi connectivity index (χ0) is 23.7. The number of hydrogen-bond donors (Lipinski definition) is 2. The molecular weight excluding hydrogens is 498 g/mol. The highest BCUT2D eigenvalue weighted by molar-refractivity contribution is 9.10. The molecule has 4 heterocycles. The van der Waals surface area contributed by atoms with Crippen LogP contribution in [-0.2, 0) is 4.74 Å². The number of nitriles is 1. The van der Waals surface area contributed by atoms with E-state index in [2.05, 4.69) is 38.5 Å². The average Bonchev–Trinajstić information content (AvgIpc) is 3.53. The topological polar surface area (TPSA) is 103 Å². The van der Waals surface area contributed by atoms with Gasteiger partial charge in [-0.3, -0.25) is 4.79 Å². The van der Waals surface area contributed by atoms with Gasteiger partial charge < -0.3 is 24.7 Å². The number of ether oxygens (including phenoxy) is 1. The number of likely N-dealkylation sites (tertiary alicyclic amines) is 1. The van der Waals surface area contributed by atoms with E-state index in [0.717, 1.165) is 43.2 Å². The highest BCUT2D eigenvalue weighted by Gasteiger charge is 2.33. The maximum Gasteiger partial charge on any atom is 0.274 e. The van der Waals surface area contributed by atoms with Crippen LogP contribution in [0.1, 0.15) is 67.6 Å². The van der Waals surface area contributed by atoms with Crippen molar-refractivity contribution in [2.75, 3.05) is 32.1 Å². The summed E-state index contributed by atoms with van der Waals surface area (Å²) in [5.41, 5.74) is 0.563. The van der Waals surface area contributed by atoms with Crippen molar-refractivity contribution in [3.05, 3.63) is 22.0 Å². The first kappa shape index (κ1) is 23.6. The number of nitrogens with one attached hydrogen (secondary N) is 2. The molecule has 2 saturated heterocycles. The van der Waals surface area contributed by atoms with Crippen LogP contribution in [0.3, 0.4) is 0 Å². The predicted octanol–water partition coefficient (Wildman–Crippen LogP) is 4.44. The molecule has 1 saturated carbocycles. The van der Waals surface area contributed by atoms with Gasteiger partial charge >= 0.3 is 0 Å². The molecule has 1 amide bonds. The largest absolute Gasteiger partial charge is 0.443 e. The van der Waals surface area contributed by atoms with E-state index in [4.69, 9.17) is 14.1 Å². The van der Waals surface area contributed by atoms with Gasteiger partial charge in [-0.2, -0.15) is 5.26 Å². The Balaban J connectivity index is 1.38. The van der Waals surface area contributed by atoms with Crippen molar-refractivity contribution < 1.29 is 13.9 Å². The maximum atomic E-state index is 13.4. The molecule has 2 aromatic rings. The molecule has 3 fully saturated rings. The minimum Gasteiger partial charge on any atom is -0.443 e. The molecule has 0 spiro atoms. The van der Waals surface area contributed by atoms with Gasteiger partial charge in [0.15, 0.2) is 11.3 Å². The number of furan rings is 1. The number of halogens is 1. The Labute approximate surface area is 208 Å². The van der Waals surface area contributed by atoms with E-state index < -0.39 is 0 Å². The predicted molar refractivity (Wildman–Crippen MR) is 133 cm³/mol. The van der Waals surface area contributed by atoms with Crippen molar-refractivity contribution in [1.29, 1.82) is 5.26 Å². The summed E-state index contributed by atoms with van der Waals surface area (Å²) in [4.78, 5) is 20.5. The summed E-state index contributed by atoms with van der Waals surface area (Å²) in [6.45, 7) is 2.69. The number of aromatic nitrogens is 1. The summed E-state index contributed by atoms with van der Waals surface area (Å²) in [5.74, 6) is 1.12. The number of pyridine rings is 1. The van der Waals surface area contributed by atoms with Crippen LogP contribution in [0, 0.1) is 17.2 Å². The monoisotopic (exact) mass is 529 g/mol. The van der Waals surface area contributed by atoms with Crippen molar-refractivity contribution in [2.45, 2.75) is 69.6 Å². The van der Waals surface area contributed by atoms with Gasteiger partial charge in [-0.15, -0.1) is 0 Å².